The molecule has 0 aliphatic heterocycles. The summed E-state index contributed by atoms with van der Waals surface area (Å²) in [4.78, 5) is 0. The number of allylic oxidation sites excluding steroid dienone is 2. The van der Waals surface area contributed by atoms with Crippen LogP contribution in [0.1, 0.15) is 26.7 Å². The van der Waals surface area contributed by atoms with Gasteiger partial charge in [-0.25, -0.2) is 0 Å². The van der Waals surface area contributed by atoms with Crippen LogP contribution in [0.25, 0.3) is 0 Å². The average Bonchev–Trinajstić information content (AvgIpc) is 1.83. The second-order valence-corrected chi connectivity index (χ2v) is 4.06. The zero-order valence-electron chi connectivity index (χ0n) is 7.30. The molecule has 1 rings (SSSR count). The highest BCUT2D eigenvalue weighted by Crippen LogP contribution is 2.35. The Morgan fingerprint density at radius 3 is 2.82 bits per heavy atom. The molecule has 0 radical (unpaired) electrons. The molecule has 0 aromatic heterocycles. The molecule has 11 heavy (non-hydrogen) atoms. The summed E-state index contributed by atoms with van der Waals surface area (Å²) in [5.41, 5.74) is 1.41. The highest BCUT2D eigenvalue weighted by molar-refractivity contribution is 5.22. The van der Waals surface area contributed by atoms with Crippen LogP contribution >= 0.6 is 0 Å². The van der Waals surface area contributed by atoms with E-state index in [9.17, 15) is 5.11 Å². The van der Waals surface area contributed by atoms with Crippen molar-refractivity contribution in [1.29, 1.82) is 0 Å². The van der Waals surface area contributed by atoms with Gasteiger partial charge < -0.3 is 5.11 Å². The van der Waals surface area contributed by atoms with Gasteiger partial charge in [0.25, 0.3) is 0 Å². The summed E-state index contributed by atoms with van der Waals surface area (Å²) in [5, 5.41) is 9.42. The molecule has 0 heterocycles. The minimum absolute atomic E-state index is 0.234. The first kappa shape index (κ1) is 8.54. The van der Waals surface area contributed by atoms with Crippen molar-refractivity contribution in [3.05, 3.63) is 24.3 Å². The Kier molecular flexibility index (Phi) is 2.19. The van der Waals surface area contributed by atoms with Crippen molar-refractivity contribution in [1.82, 2.24) is 0 Å². The van der Waals surface area contributed by atoms with Crippen LogP contribution in [0.4, 0.5) is 0 Å². The zero-order chi connectivity index (χ0) is 8.48. The van der Waals surface area contributed by atoms with Crippen LogP contribution in [0.5, 0.6) is 0 Å². The molecular formula is C10H16O. The van der Waals surface area contributed by atoms with E-state index in [1.54, 1.807) is 0 Å². The monoisotopic (exact) mass is 152 g/mol. The Morgan fingerprint density at radius 1 is 1.73 bits per heavy atom. The summed E-state index contributed by atoms with van der Waals surface area (Å²) >= 11 is 0. The van der Waals surface area contributed by atoms with Crippen molar-refractivity contribution in [3.63, 3.8) is 0 Å². The van der Waals surface area contributed by atoms with E-state index < -0.39 is 0 Å². The van der Waals surface area contributed by atoms with E-state index >= 15 is 0 Å². The van der Waals surface area contributed by atoms with Crippen molar-refractivity contribution in [2.24, 2.45) is 5.41 Å². The smallest absolute Gasteiger partial charge is 0.0731 e. The lowest BCUT2D eigenvalue weighted by Gasteiger charge is -2.31. The standard InChI is InChI=1S/C10H16O/c1-4-8-5-9(11)7-10(2,3)6-8/h4-5,9,11H,1,6-7H2,2-3H3. The van der Waals surface area contributed by atoms with Gasteiger partial charge in [0.15, 0.2) is 0 Å². The molecule has 1 atom stereocenters. The molecule has 0 amide bonds. The summed E-state index contributed by atoms with van der Waals surface area (Å²) in [7, 11) is 0. The number of aliphatic hydroxyl groups excluding tert-OH is 1. The van der Waals surface area contributed by atoms with Gasteiger partial charge in [-0.1, -0.05) is 32.6 Å². The largest absolute Gasteiger partial charge is 0.389 e. The quantitative estimate of drug-likeness (QED) is 0.611. The normalized spacial score (nSPS) is 29.4. The Bertz CT molecular complexity index is 189. The molecule has 0 saturated heterocycles. The fourth-order valence-corrected chi connectivity index (χ4v) is 1.70. The summed E-state index contributed by atoms with van der Waals surface area (Å²) in [6, 6.07) is 0. The van der Waals surface area contributed by atoms with E-state index in [0.29, 0.717) is 0 Å². The summed E-state index contributed by atoms with van der Waals surface area (Å²) in [6.07, 6.45) is 5.37. The molecule has 1 N–H and O–H groups in total. The topological polar surface area (TPSA) is 20.2 Å². The molecule has 0 aromatic carbocycles. The Morgan fingerprint density at radius 2 is 2.36 bits per heavy atom. The van der Waals surface area contributed by atoms with Gasteiger partial charge in [0.2, 0.25) is 0 Å². The predicted octanol–water partition coefficient (Wildman–Crippen LogP) is 2.28. The van der Waals surface area contributed by atoms with Gasteiger partial charge in [-0.15, -0.1) is 0 Å². The first-order valence-electron chi connectivity index (χ1n) is 4.05. The van der Waals surface area contributed by atoms with Gasteiger partial charge in [-0.05, 0) is 23.8 Å². The van der Waals surface area contributed by atoms with Gasteiger partial charge in [-0.3, -0.25) is 0 Å². The lowest BCUT2D eigenvalue weighted by molar-refractivity contribution is 0.140. The Labute approximate surface area is 68.4 Å². The molecule has 1 nitrogen and oxygen atoms in total. The maximum absolute atomic E-state index is 9.42. The van der Waals surface area contributed by atoms with Gasteiger partial charge in [-0.2, -0.15) is 0 Å². The van der Waals surface area contributed by atoms with Crippen LogP contribution in [0.3, 0.4) is 0 Å². The number of hydrogen-bond donors (Lipinski definition) is 1. The lowest BCUT2D eigenvalue weighted by Crippen LogP contribution is -2.24. The van der Waals surface area contributed by atoms with Gasteiger partial charge in [0.05, 0.1) is 6.10 Å². The molecule has 0 bridgehead atoms. The molecule has 1 unspecified atom stereocenters. The van der Waals surface area contributed by atoms with E-state index in [4.69, 9.17) is 0 Å². The zero-order valence-corrected chi connectivity index (χ0v) is 7.30. The molecule has 0 saturated carbocycles. The minimum atomic E-state index is -0.272. The van der Waals surface area contributed by atoms with E-state index in [-0.39, 0.29) is 11.5 Å². The summed E-state index contributed by atoms with van der Waals surface area (Å²) in [5.74, 6) is 0. The molecule has 0 fully saturated rings. The lowest BCUT2D eigenvalue weighted by atomic mass is 9.76. The van der Waals surface area contributed by atoms with Crippen LogP contribution < -0.4 is 0 Å². The third-order valence-electron chi connectivity index (χ3n) is 2.11. The second-order valence-electron chi connectivity index (χ2n) is 4.06. The molecule has 0 aromatic rings. The third-order valence-corrected chi connectivity index (χ3v) is 2.11. The van der Waals surface area contributed by atoms with Crippen molar-refractivity contribution >= 4 is 0 Å². The van der Waals surface area contributed by atoms with Gasteiger partial charge >= 0.3 is 0 Å². The molecule has 1 aliphatic carbocycles. The van der Waals surface area contributed by atoms with Crippen LogP contribution in [-0.2, 0) is 0 Å². The van der Waals surface area contributed by atoms with E-state index in [1.165, 1.54) is 5.57 Å². The predicted molar refractivity (Wildman–Crippen MR) is 47.3 cm³/mol. The first-order valence-corrected chi connectivity index (χ1v) is 4.05. The van der Waals surface area contributed by atoms with Gasteiger partial charge in [0.1, 0.15) is 0 Å². The van der Waals surface area contributed by atoms with E-state index in [0.717, 1.165) is 12.8 Å². The maximum Gasteiger partial charge on any atom is 0.0731 e. The van der Waals surface area contributed by atoms with Crippen LogP contribution in [0, 0.1) is 5.41 Å². The van der Waals surface area contributed by atoms with Crippen molar-refractivity contribution in [2.75, 3.05) is 0 Å². The van der Waals surface area contributed by atoms with Crippen LogP contribution in [0.2, 0.25) is 0 Å². The maximum atomic E-state index is 9.42. The molecule has 1 aliphatic rings. The first-order chi connectivity index (χ1) is 5.03. The number of hydrogen-bond acceptors (Lipinski definition) is 1. The highest BCUT2D eigenvalue weighted by atomic mass is 16.3. The molecule has 1 heteroatoms. The third kappa shape index (κ3) is 2.19. The van der Waals surface area contributed by atoms with Gasteiger partial charge in [0, 0.05) is 0 Å². The second kappa shape index (κ2) is 2.82. The highest BCUT2D eigenvalue weighted by Gasteiger charge is 2.26. The van der Waals surface area contributed by atoms with E-state index in [1.807, 2.05) is 12.2 Å². The van der Waals surface area contributed by atoms with Crippen molar-refractivity contribution < 1.29 is 5.11 Å². The minimum Gasteiger partial charge on any atom is -0.389 e. The summed E-state index contributed by atoms with van der Waals surface area (Å²) < 4.78 is 0. The van der Waals surface area contributed by atoms with Crippen LogP contribution in [-0.4, -0.2) is 11.2 Å². The fourth-order valence-electron chi connectivity index (χ4n) is 1.70. The van der Waals surface area contributed by atoms with Crippen LogP contribution in [0.15, 0.2) is 24.3 Å². The molecular weight excluding hydrogens is 136 g/mol. The Hall–Kier alpha value is -0.560. The van der Waals surface area contributed by atoms with Crippen molar-refractivity contribution in [3.8, 4) is 0 Å². The fraction of sp³-hybridized carbons (Fsp3) is 0.600. The van der Waals surface area contributed by atoms with E-state index in [2.05, 4.69) is 20.4 Å². The number of aliphatic hydroxyl groups is 1. The molecule has 62 valence electrons. The Balaban J connectivity index is 2.77. The molecule has 0 spiro atoms. The summed E-state index contributed by atoms with van der Waals surface area (Å²) in [6.45, 7) is 8.05. The number of rotatable bonds is 1. The van der Waals surface area contributed by atoms with Crippen molar-refractivity contribution in [2.45, 2.75) is 32.8 Å². The SMILES string of the molecule is C=CC1=CC(O)CC(C)(C)C1. The average molecular weight is 152 g/mol.